The van der Waals surface area contributed by atoms with Gasteiger partial charge in [0, 0.05) is 12.5 Å². The zero-order valence-electron chi connectivity index (χ0n) is 7.66. The molecule has 3 N–H and O–H groups in total. The van der Waals surface area contributed by atoms with E-state index in [9.17, 15) is 4.79 Å². The zero-order valence-corrected chi connectivity index (χ0v) is 7.66. The van der Waals surface area contributed by atoms with Gasteiger partial charge in [-0.1, -0.05) is 30.3 Å². The molecular formula is C10H14N2O. The molecule has 0 aromatic heterocycles. The second-order valence-corrected chi connectivity index (χ2v) is 2.92. The summed E-state index contributed by atoms with van der Waals surface area (Å²) in [5, 5.41) is 3.05. The Balaban J connectivity index is 2.73. The Kier molecular flexibility index (Phi) is 3.46. The third-order valence-electron chi connectivity index (χ3n) is 1.96. The topological polar surface area (TPSA) is 55.1 Å². The first kappa shape index (κ1) is 9.74. The molecule has 0 radical (unpaired) electrons. The number of hydrogen-bond donors (Lipinski definition) is 2. The quantitative estimate of drug-likeness (QED) is 0.717. The van der Waals surface area contributed by atoms with Crippen LogP contribution in [0.1, 0.15) is 18.0 Å². The summed E-state index contributed by atoms with van der Waals surface area (Å²) < 4.78 is 0. The highest BCUT2D eigenvalue weighted by atomic mass is 16.1. The van der Waals surface area contributed by atoms with Crippen molar-refractivity contribution in [2.24, 2.45) is 5.73 Å². The molecule has 0 aliphatic rings. The lowest BCUT2D eigenvalue weighted by atomic mass is 10.0. The van der Waals surface area contributed by atoms with Crippen LogP contribution in [0.4, 0.5) is 0 Å². The van der Waals surface area contributed by atoms with Crippen molar-refractivity contribution in [3.63, 3.8) is 0 Å². The van der Waals surface area contributed by atoms with Gasteiger partial charge in [-0.2, -0.15) is 0 Å². The molecule has 0 saturated heterocycles. The molecule has 0 aliphatic heterocycles. The van der Waals surface area contributed by atoms with E-state index in [2.05, 4.69) is 5.32 Å². The van der Waals surface area contributed by atoms with E-state index < -0.39 is 0 Å². The average molecular weight is 178 g/mol. The van der Waals surface area contributed by atoms with Gasteiger partial charge in [0.25, 0.3) is 0 Å². The Hall–Kier alpha value is -1.35. The average Bonchev–Trinajstić information content (AvgIpc) is 2.15. The van der Waals surface area contributed by atoms with E-state index in [4.69, 9.17) is 5.73 Å². The molecule has 1 rings (SSSR count). The van der Waals surface area contributed by atoms with E-state index in [1.807, 2.05) is 37.4 Å². The van der Waals surface area contributed by atoms with Gasteiger partial charge in [-0.05, 0) is 12.6 Å². The molecule has 0 aliphatic carbocycles. The normalized spacial score (nSPS) is 12.4. The van der Waals surface area contributed by atoms with Crippen LogP contribution in [-0.4, -0.2) is 13.0 Å². The molecule has 0 unspecified atom stereocenters. The molecule has 3 nitrogen and oxygen atoms in total. The van der Waals surface area contributed by atoms with Crippen LogP contribution in [0.5, 0.6) is 0 Å². The van der Waals surface area contributed by atoms with E-state index in [-0.39, 0.29) is 11.9 Å². The molecular weight excluding hydrogens is 164 g/mol. The van der Waals surface area contributed by atoms with Gasteiger partial charge in [0.1, 0.15) is 0 Å². The molecule has 0 spiro atoms. The summed E-state index contributed by atoms with van der Waals surface area (Å²) >= 11 is 0. The minimum absolute atomic E-state index is 0.0266. The molecule has 0 heterocycles. The monoisotopic (exact) mass is 178 g/mol. The third kappa shape index (κ3) is 2.87. The predicted octanol–water partition coefficient (Wildman–Crippen LogP) is 0.822. The highest BCUT2D eigenvalue weighted by Crippen LogP contribution is 2.14. The van der Waals surface area contributed by atoms with E-state index in [0.717, 1.165) is 5.56 Å². The van der Waals surface area contributed by atoms with Crippen LogP contribution in [0.25, 0.3) is 0 Å². The van der Waals surface area contributed by atoms with E-state index in [0.29, 0.717) is 6.42 Å². The Labute approximate surface area is 77.9 Å². The second-order valence-electron chi connectivity index (χ2n) is 2.92. The molecule has 0 saturated carbocycles. The summed E-state index contributed by atoms with van der Waals surface area (Å²) in [5.74, 6) is -0.289. The Morgan fingerprint density at radius 3 is 2.54 bits per heavy atom. The van der Waals surface area contributed by atoms with Crippen molar-refractivity contribution in [1.29, 1.82) is 0 Å². The molecule has 13 heavy (non-hydrogen) atoms. The maximum absolute atomic E-state index is 10.7. The molecule has 3 heteroatoms. The number of nitrogens with one attached hydrogen (secondary N) is 1. The van der Waals surface area contributed by atoms with Crippen molar-refractivity contribution in [2.45, 2.75) is 12.5 Å². The first-order valence-corrected chi connectivity index (χ1v) is 4.24. The van der Waals surface area contributed by atoms with Crippen LogP contribution in [0.3, 0.4) is 0 Å². The maximum atomic E-state index is 10.7. The number of primary amides is 1. The van der Waals surface area contributed by atoms with Gasteiger partial charge in [-0.3, -0.25) is 4.79 Å². The van der Waals surface area contributed by atoms with Crippen LogP contribution in [0, 0.1) is 0 Å². The highest BCUT2D eigenvalue weighted by Gasteiger charge is 2.10. The standard InChI is InChI=1S/C10H14N2O/c1-12-9(7-10(11)13)8-5-3-2-4-6-8/h2-6,9,12H,7H2,1H3,(H2,11,13)/t9-/m0/s1. The maximum Gasteiger partial charge on any atom is 0.219 e. The fourth-order valence-corrected chi connectivity index (χ4v) is 1.27. The van der Waals surface area contributed by atoms with Gasteiger partial charge in [-0.25, -0.2) is 0 Å². The summed E-state index contributed by atoms with van der Waals surface area (Å²) in [6, 6.07) is 9.81. The van der Waals surface area contributed by atoms with Crippen LogP contribution in [-0.2, 0) is 4.79 Å². The van der Waals surface area contributed by atoms with E-state index in [1.54, 1.807) is 0 Å². The Morgan fingerprint density at radius 2 is 2.08 bits per heavy atom. The summed E-state index contributed by atoms with van der Waals surface area (Å²) in [5.41, 5.74) is 6.21. The molecule has 0 fully saturated rings. The molecule has 1 amide bonds. The third-order valence-corrected chi connectivity index (χ3v) is 1.96. The van der Waals surface area contributed by atoms with Crippen LogP contribution in [0.2, 0.25) is 0 Å². The first-order valence-electron chi connectivity index (χ1n) is 4.24. The van der Waals surface area contributed by atoms with Gasteiger partial charge in [-0.15, -0.1) is 0 Å². The minimum Gasteiger partial charge on any atom is -0.370 e. The highest BCUT2D eigenvalue weighted by molar-refractivity contribution is 5.74. The van der Waals surface area contributed by atoms with Crippen LogP contribution in [0.15, 0.2) is 30.3 Å². The molecule has 0 bridgehead atoms. The van der Waals surface area contributed by atoms with Gasteiger partial charge >= 0.3 is 0 Å². The fourth-order valence-electron chi connectivity index (χ4n) is 1.27. The number of amides is 1. The van der Waals surface area contributed by atoms with Gasteiger partial charge < -0.3 is 11.1 Å². The predicted molar refractivity (Wildman–Crippen MR) is 52.1 cm³/mol. The first-order chi connectivity index (χ1) is 6.24. The number of nitrogens with two attached hydrogens (primary N) is 1. The molecule has 1 aromatic rings. The van der Waals surface area contributed by atoms with Crippen molar-refractivity contribution in [2.75, 3.05) is 7.05 Å². The van der Waals surface area contributed by atoms with Crippen LogP contribution >= 0.6 is 0 Å². The molecule has 1 aromatic carbocycles. The smallest absolute Gasteiger partial charge is 0.219 e. The number of benzene rings is 1. The fraction of sp³-hybridized carbons (Fsp3) is 0.300. The SMILES string of the molecule is CN[C@@H](CC(N)=O)c1ccccc1. The molecule has 70 valence electrons. The lowest BCUT2D eigenvalue weighted by molar-refractivity contribution is -0.118. The van der Waals surface area contributed by atoms with Crippen LogP contribution < -0.4 is 11.1 Å². The lowest BCUT2D eigenvalue weighted by Gasteiger charge is -2.14. The summed E-state index contributed by atoms with van der Waals surface area (Å²) in [6.45, 7) is 0. The molecule has 1 atom stereocenters. The van der Waals surface area contributed by atoms with E-state index >= 15 is 0 Å². The second kappa shape index (κ2) is 4.62. The Morgan fingerprint density at radius 1 is 1.46 bits per heavy atom. The Bertz CT molecular complexity index is 272. The number of carbonyl (C=O) groups excluding carboxylic acids is 1. The van der Waals surface area contributed by atoms with Gasteiger partial charge in [0.15, 0.2) is 0 Å². The van der Waals surface area contributed by atoms with E-state index in [1.165, 1.54) is 0 Å². The van der Waals surface area contributed by atoms with Crippen molar-refractivity contribution in [3.8, 4) is 0 Å². The summed E-state index contributed by atoms with van der Waals surface area (Å²) in [4.78, 5) is 10.7. The van der Waals surface area contributed by atoms with Gasteiger partial charge in [0.2, 0.25) is 5.91 Å². The number of hydrogen-bond acceptors (Lipinski definition) is 2. The van der Waals surface area contributed by atoms with Crippen molar-refractivity contribution in [3.05, 3.63) is 35.9 Å². The van der Waals surface area contributed by atoms with Gasteiger partial charge in [0.05, 0.1) is 0 Å². The zero-order chi connectivity index (χ0) is 9.68. The van der Waals surface area contributed by atoms with Crippen molar-refractivity contribution in [1.82, 2.24) is 5.32 Å². The summed E-state index contributed by atoms with van der Waals surface area (Å²) in [6.07, 6.45) is 0.334. The summed E-state index contributed by atoms with van der Waals surface area (Å²) in [7, 11) is 1.82. The number of carbonyl (C=O) groups is 1. The largest absolute Gasteiger partial charge is 0.370 e. The minimum atomic E-state index is -0.289. The number of rotatable bonds is 4. The van der Waals surface area contributed by atoms with Crippen molar-refractivity contribution < 1.29 is 4.79 Å². The lowest BCUT2D eigenvalue weighted by Crippen LogP contribution is -2.23. The van der Waals surface area contributed by atoms with Crippen molar-refractivity contribution >= 4 is 5.91 Å².